The molecule has 0 fully saturated rings. The molecule has 0 aliphatic carbocycles. The van der Waals surface area contributed by atoms with E-state index in [2.05, 4.69) is 5.32 Å². The molecule has 0 spiro atoms. The van der Waals surface area contributed by atoms with Crippen molar-refractivity contribution in [2.75, 3.05) is 5.75 Å². The second-order valence-electron chi connectivity index (χ2n) is 7.55. The summed E-state index contributed by atoms with van der Waals surface area (Å²) in [5, 5.41) is 4.30. The van der Waals surface area contributed by atoms with Gasteiger partial charge in [-0.25, -0.2) is 0 Å². The Balaban J connectivity index is 2.00. The molecule has 0 aromatic heterocycles. The van der Waals surface area contributed by atoms with Gasteiger partial charge in [0.15, 0.2) is 0 Å². The fraction of sp³-hybridized carbons (Fsp3) is 0.417. The molecule has 0 bridgehead atoms. The van der Waals surface area contributed by atoms with Gasteiger partial charge in [0.25, 0.3) is 0 Å². The number of carbonyl (C=O) groups excluding carboxylic acids is 2. The first-order valence-electron chi connectivity index (χ1n) is 10.5. The maximum Gasteiger partial charge on any atom is 0.242 e. The van der Waals surface area contributed by atoms with E-state index in [1.54, 1.807) is 29.7 Å². The SMILES string of the molecule is CC[C@@H](C)NC(=O)[C@H](C)N(Cc1cccc(Cl)c1)C(=O)CCCSc1ccc(Cl)cc1. The molecule has 0 heterocycles. The van der Waals surface area contributed by atoms with E-state index in [-0.39, 0.29) is 17.9 Å². The zero-order valence-electron chi connectivity index (χ0n) is 18.2. The summed E-state index contributed by atoms with van der Waals surface area (Å²) < 4.78 is 0. The Bertz CT molecular complexity index is 861. The van der Waals surface area contributed by atoms with Gasteiger partial charge >= 0.3 is 0 Å². The number of hydrogen-bond acceptors (Lipinski definition) is 3. The number of carbonyl (C=O) groups is 2. The van der Waals surface area contributed by atoms with E-state index in [9.17, 15) is 9.59 Å². The first-order valence-corrected chi connectivity index (χ1v) is 12.3. The average Bonchev–Trinajstić information content (AvgIpc) is 2.75. The Kier molecular flexibility index (Phi) is 10.7. The minimum atomic E-state index is -0.565. The lowest BCUT2D eigenvalue weighted by Crippen LogP contribution is -2.49. The first-order chi connectivity index (χ1) is 14.8. The quantitative estimate of drug-likeness (QED) is 0.307. The number of halogens is 2. The van der Waals surface area contributed by atoms with Gasteiger partial charge < -0.3 is 10.2 Å². The van der Waals surface area contributed by atoms with Crippen LogP contribution in [-0.4, -0.2) is 34.6 Å². The van der Waals surface area contributed by atoms with E-state index in [0.29, 0.717) is 23.0 Å². The molecule has 0 saturated carbocycles. The number of benzene rings is 2. The summed E-state index contributed by atoms with van der Waals surface area (Å²) in [6.07, 6.45) is 1.93. The smallest absolute Gasteiger partial charge is 0.242 e. The van der Waals surface area contributed by atoms with Gasteiger partial charge in [0.1, 0.15) is 6.04 Å². The number of nitrogens with zero attached hydrogens (tertiary/aromatic N) is 1. The van der Waals surface area contributed by atoms with Gasteiger partial charge in [-0.1, -0.05) is 42.3 Å². The lowest BCUT2D eigenvalue weighted by Gasteiger charge is -2.30. The third-order valence-electron chi connectivity index (χ3n) is 5.03. The normalized spacial score (nSPS) is 12.8. The summed E-state index contributed by atoms with van der Waals surface area (Å²) in [6.45, 7) is 6.10. The second-order valence-corrected chi connectivity index (χ2v) is 9.59. The highest BCUT2D eigenvalue weighted by Gasteiger charge is 2.26. The monoisotopic (exact) mass is 480 g/mol. The third-order valence-corrected chi connectivity index (χ3v) is 6.61. The molecule has 0 unspecified atom stereocenters. The van der Waals surface area contributed by atoms with Crippen LogP contribution < -0.4 is 5.32 Å². The molecule has 0 aliphatic rings. The molecule has 0 radical (unpaired) electrons. The lowest BCUT2D eigenvalue weighted by molar-refractivity contribution is -0.140. The average molecular weight is 481 g/mol. The summed E-state index contributed by atoms with van der Waals surface area (Å²) in [6, 6.07) is 14.6. The fourth-order valence-corrected chi connectivity index (χ4v) is 4.16. The Hall–Kier alpha value is -1.69. The molecule has 0 saturated heterocycles. The van der Waals surface area contributed by atoms with E-state index in [1.165, 1.54) is 0 Å². The van der Waals surface area contributed by atoms with E-state index < -0.39 is 6.04 Å². The van der Waals surface area contributed by atoms with Crippen LogP contribution in [0.4, 0.5) is 0 Å². The van der Waals surface area contributed by atoms with Crippen molar-refractivity contribution >= 4 is 46.8 Å². The van der Waals surface area contributed by atoms with E-state index >= 15 is 0 Å². The summed E-state index contributed by atoms with van der Waals surface area (Å²) in [5.74, 6) is 0.634. The summed E-state index contributed by atoms with van der Waals surface area (Å²) >= 11 is 13.7. The molecule has 1 N–H and O–H groups in total. The van der Waals surface area contributed by atoms with Crippen molar-refractivity contribution in [1.82, 2.24) is 10.2 Å². The molecule has 0 aliphatic heterocycles. The molecule has 2 rings (SSSR count). The molecular formula is C24H30Cl2N2O2S. The van der Waals surface area contributed by atoms with E-state index in [1.807, 2.05) is 56.3 Å². The third kappa shape index (κ3) is 8.76. The van der Waals surface area contributed by atoms with Crippen LogP contribution in [0.15, 0.2) is 53.4 Å². The molecule has 31 heavy (non-hydrogen) atoms. The Labute approximate surface area is 199 Å². The Morgan fingerprint density at radius 3 is 2.42 bits per heavy atom. The van der Waals surface area contributed by atoms with Gasteiger partial charge in [-0.05, 0) is 74.4 Å². The summed E-state index contributed by atoms with van der Waals surface area (Å²) in [5.41, 5.74) is 0.902. The van der Waals surface area contributed by atoms with Crippen LogP contribution in [0.5, 0.6) is 0 Å². The van der Waals surface area contributed by atoms with Crippen molar-refractivity contribution in [2.24, 2.45) is 0 Å². The van der Waals surface area contributed by atoms with Crippen LogP contribution >= 0.6 is 35.0 Å². The Morgan fingerprint density at radius 1 is 1.06 bits per heavy atom. The number of nitrogens with one attached hydrogen (secondary N) is 1. The number of hydrogen-bond donors (Lipinski definition) is 1. The summed E-state index contributed by atoms with van der Waals surface area (Å²) in [7, 11) is 0. The van der Waals surface area contributed by atoms with Gasteiger partial charge in [-0.15, -0.1) is 11.8 Å². The van der Waals surface area contributed by atoms with Crippen LogP contribution in [-0.2, 0) is 16.1 Å². The minimum Gasteiger partial charge on any atom is -0.352 e. The second kappa shape index (κ2) is 13.0. The highest BCUT2D eigenvalue weighted by Crippen LogP contribution is 2.22. The van der Waals surface area contributed by atoms with Crippen molar-refractivity contribution in [3.63, 3.8) is 0 Å². The highest BCUT2D eigenvalue weighted by atomic mass is 35.5. The van der Waals surface area contributed by atoms with Gasteiger partial charge in [0, 0.05) is 33.9 Å². The predicted molar refractivity (Wildman–Crippen MR) is 131 cm³/mol. The number of thioether (sulfide) groups is 1. The molecule has 2 amide bonds. The van der Waals surface area contributed by atoms with Crippen molar-refractivity contribution in [3.05, 3.63) is 64.1 Å². The standard InChI is InChI=1S/C24H30Cl2N2O2S/c1-4-17(2)27-24(30)18(3)28(16-19-7-5-8-21(26)15-19)23(29)9-6-14-31-22-12-10-20(25)11-13-22/h5,7-8,10-13,15,17-18H,4,6,9,14,16H2,1-3H3,(H,27,30)/t17-,18+/m1/s1. The molecule has 2 aromatic carbocycles. The van der Waals surface area contributed by atoms with Crippen LogP contribution in [0.25, 0.3) is 0 Å². The van der Waals surface area contributed by atoms with E-state index in [4.69, 9.17) is 23.2 Å². The largest absolute Gasteiger partial charge is 0.352 e. The maximum atomic E-state index is 13.1. The van der Waals surface area contributed by atoms with E-state index in [0.717, 1.165) is 29.1 Å². The number of amides is 2. The van der Waals surface area contributed by atoms with Crippen molar-refractivity contribution in [1.29, 1.82) is 0 Å². The maximum absolute atomic E-state index is 13.1. The molecule has 2 atom stereocenters. The lowest BCUT2D eigenvalue weighted by atomic mass is 10.1. The van der Waals surface area contributed by atoms with Gasteiger partial charge in [-0.3, -0.25) is 9.59 Å². The van der Waals surface area contributed by atoms with Crippen molar-refractivity contribution in [2.45, 2.75) is 63.6 Å². The predicted octanol–water partition coefficient (Wildman–Crippen LogP) is 6.20. The highest BCUT2D eigenvalue weighted by molar-refractivity contribution is 7.99. The van der Waals surface area contributed by atoms with Crippen molar-refractivity contribution < 1.29 is 9.59 Å². The van der Waals surface area contributed by atoms with Crippen LogP contribution in [0.3, 0.4) is 0 Å². The van der Waals surface area contributed by atoms with Crippen LogP contribution in [0.1, 0.15) is 45.6 Å². The summed E-state index contributed by atoms with van der Waals surface area (Å²) in [4.78, 5) is 28.6. The molecule has 7 heteroatoms. The fourth-order valence-electron chi connectivity index (χ4n) is 2.97. The molecular weight excluding hydrogens is 451 g/mol. The first kappa shape index (κ1) is 25.6. The zero-order valence-corrected chi connectivity index (χ0v) is 20.6. The van der Waals surface area contributed by atoms with Crippen LogP contribution in [0, 0.1) is 0 Å². The molecule has 4 nitrogen and oxygen atoms in total. The van der Waals surface area contributed by atoms with Crippen molar-refractivity contribution in [3.8, 4) is 0 Å². The van der Waals surface area contributed by atoms with Gasteiger partial charge in [0.05, 0.1) is 0 Å². The zero-order chi connectivity index (χ0) is 22.8. The molecule has 168 valence electrons. The number of rotatable bonds is 11. The van der Waals surface area contributed by atoms with Gasteiger partial charge in [-0.2, -0.15) is 0 Å². The van der Waals surface area contributed by atoms with Gasteiger partial charge in [0.2, 0.25) is 11.8 Å². The van der Waals surface area contributed by atoms with Crippen LogP contribution in [0.2, 0.25) is 10.0 Å². The topological polar surface area (TPSA) is 49.4 Å². The molecule has 2 aromatic rings. The Morgan fingerprint density at radius 2 is 1.77 bits per heavy atom. The minimum absolute atomic E-state index is 0.0384.